The predicted molar refractivity (Wildman–Crippen MR) is 95.2 cm³/mol. The molecule has 1 aliphatic rings. The molecular formula is C17H20ClN5O. The van der Waals surface area contributed by atoms with E-state index in [1.54, 1.807) is 11.9 Å². The summed E-state index contributed by atoms with van der Waals surface area (Å²) in [5.41, 5.74) is 7.14. The van der Waals surface area contributed by atoms with Gasteiger partial charge in [-0.25, -0.2) is 9.97 Å². The molecule has 0 aliphatic carbocycles. The highest BCUT2D eigenvalue weighted by atomic mass is 35.5. The number of benzene rings is 1. The van der Waals surface area contributed by atoms with Gasteiger partial charge in [-0.05, 0) is 37.1 Å². The second kappa shape index (κ2) is 7.05. The zero-order valence-electron chi connectivity index (χ0n) is 13.5. The maximum absolute atomic E-state index is 12.6. The molecule has 1 aromatic carbocycles. The van der Waals surface area contributed by atoms with Crippen LogP contribution in [0.5, 0.6) is 0 Å². The van der Waals surface area contributed by atoms with Gasteiger partial charge in [0, 0.05) is 49.3 Å². The molecule has 1 aliphatic heterocycles. The monoisotopic (exact) mass is 345 g/mol. The van der Waals surface area contributed by atoms with Crippen LogP contribution in [0.1, 0.15) is 23.3 Å². The van der Waals surface area contributed by atoms with E-state index in [9.17, 15) is 4.79 Å². The Labute approximate surface area is 146 Å². The third-order valence-corrected chi connectivity index (χ3v) is 4.71. The molecule has 0 spiro atoms. The fourth-order valence-corrected chi connectivity index (χ4v) is 3.14. The lowest BCUT2D eigenvalue weighted by Crippen LogP contribution is -2.46. The minimum Gasteiger partial charge on any atom is -0.382 e. The minimum atomic E-state index is -0.175. The molecule has 7 heteroatoms. The molecule has 0 atom stereocenters. The van der Waals surface area contributed by atoms with Crippen molar-refractivity contribution in [3.63, 3.8) is 0 Å². The van der Waals surface area contributed by atoms with Crippen molar-refractivity contribution >= 4 is 29.0 Å². The summed E-state index contributed by atoms with van der Waals surface area (Å²) in [6, 6.07) is 8.02. The standard InChI is InChI=1S/C17H20ClN5O/c1-22(17(24)15-16(19)21-9-8-20-15)13-6-10-23(11-7-13)14-4-2-12(18)3-5-14/h2-5,8-9,13H,6-7,10-11H2,1H3,(H2,19,21). The van der Waals surface area contributed by atoms with Crippen molar-refractivity contribution in [3.8, 4) is 0 Å². The van der Waals surface area contributed by atoms with Crippen LogP contribution in [-0.2, 0) is 0 Å². The Bertz CT molecular complexity index is 713. The molecular weight excluding hydrogens is 326 g/mol. The molecule has 0 radical (unpaired) electrons. The molecule has 1 aromatic heterocycles. The average Bonchev–Trinajstić information content (AvgIpc) is 2.62. The van der Waals surface area contributed by atoms with Crippen molar-refractivity contribution in [2.45, 2.75) is 18.9 Å². The van der Waals surface area contributed by atoms with Crippen LogP contribution in [0, 0.1) is 0 Å². The van der Waals surface area contributed by atoms with Crippen LogP contribution in [-0.4, -0.2) is 47.0 Å². The third kappa shape index (κ3) is 3.43. The van der Waals surface area contributed by atoms with Crippen molar-refractivity contribution in [2.75, 3.05) is 30.8 Å². The molecule has 6 nitrogen and oxygen atoms in total. The zero-order valence-corrected chi connectivity index (χ0v) is 14.3. The average molecular weight is 346 g/mol. The highest BCUT2D eigenvalue weighted by molar-refractivity contribution is 6.30. The van der Waals surface area contributed by atoms with Gasteiger partial charge in [0.25, 0.3) is 5.91 Å². The van der Waals surface area contributed by atoms with E-state index >= 15 is 0 Å². The summed E-state index contributed by atoms with van der Waals surface area (Å²) in [6.07, 6.45) is 4.76. The number of aromatic nitrogens is 2. The Kier molecular flexibility index (Phi) is 4.85. The number of nitrogens with zero attached hydrogens (tertiary/aromatic N) is 4. The number of nitrogen functional groups attached to an aromatic ring is 1. The van der Waals surface area contributed by atoms with Gasteiger partial charge in [0.2, 0.25) is 0 Å². The molecule has 1 saturated heterocycles. The van der Waals surface area contributed by atoms with E-state index in [0.717, 1.165) is 36.6 Å². The highest BCUT2D eigenvalue weighted by Crippen LogP contribution is 2.24. The first kappa shape index (κ1) is 16.5. The maximum Gasteiger partial charge on any atom is 0.276 e. The van der Waals surface area contributed by atoms with Gasteiger partial charge in [-0.2, -0.15) is 0 Å². The third-order valence-electron chi connectivity index (χ3n) is 4.45. The molecule has 1 fully saturated rings. The van der Waals surface area contributed by atoms with E-state index in [1.165, 1.54) is 12.4 Å². The summed E-state index contributed by atoms with van der Waals surface area (Å²) < 4.78 is 0. The van der Waals surface area contributed by atoms with Gasteiger partial charge in [0.1, 0.15) is 0 Å². The molecule has 3 rings (SSSR count). The molecule has 2 heterocycles. The fraction of sp³-hybridized carbons (Fsp3) is 0.353. The fourth-order valence-electron chi connectivity index (χ4n) is 3.01. The highest BCUT2D eigenvalue weighted by Gasteiger charge is 2.27. The first-order valence-corrected chi connectivity index (χ1v) is 8.28. The largest absolute Gasteiger partial charge is 0.382 e. The number of rotatable bonds is 3. The SMILES string of the molecule is CN(C(=O)c1nccnc1N)C1CCN(c2ccc(Cl)cc2)CC1. The molecule has 0 unspecified atom stereocenters. The second-order valence-corrected chi connectivity index (χ2v) is 6.34. The van der Waals surface area contributed by atoms with E-state index in [2.05, 4.69) is 14.9 Å². The van der Waals surface area contributed by atoms with Crippen LogP contribution in [0.2, 0.25) is 5.02 Å². The van der Waals surface area contributed by atoms with Gasteiger partial charge in [-0.15, -0.1) is 0 Å². The van der Waals surface area contributed by atoms with Crippen molar-refractivity contribution in [3.05, 3.63) is 47.4 Å². The van der Waals surface area contributed by atoms with E-state index in [0.29, 0.717) is 0 Å². The van der Waals surface area contributed by atoms with E-state index in [4.69, 9.17) is 17.3 Å². The van der Waals surface area contributed by atoms with E-state index in [-0.39, 0.29) is 23.5 Å². The Morgan fingerprint density at radius 3 is 2.46 bits per heavy atom. The molecule has 1 amide bonds. The smallest absolute Gasteiger partial charge is 0.276 e. The van der Waals surface area contributed by atoms with Crippen molar-refractivity contribution in [1.82, 2.24) is 14.9 Å². The molecule has 24 heavy (non-hydrogen) atoms. The van der Waals surface area contributed by atoms with E-state index < -0.39 is 0 Å². The van der Waals surface area contributed by atoms with Gasteiger partial charge >= 0.3 is 0 Å². The van der Waals surface area contributed by atoms with Gasteiger partial charge in [-0.3, -0.25) is 4.79 Å². The molecule has 0 saturated carbocycles. The summed E-state index contributed by atoms with van der Waals surface area (Å²) in [6.45, 7) is 1.78. The van der Waals surface area contributed by atoms with E-state index in [1.807, 2.05) is 24.3 Å². The summed E-state index contributed by atoms with van der Waals surface area (Å²) >= 11 is 5.94. The van der Waals surface area contributed by atoms with Crippen molar-refractivity contribution in [2.24, 2.45) is 0 Å². The molecule has 0 bridgehead atoms. The van der Waals surface area contributed by atoms with Crippen molar-refractivity contribution in [1.29, 1.82) is 0 Å². The Balaban J connectivity index is 1.63. The van der Waals surface area contributed by atoms with Crippen LogP contribution in [0.4, 0.5) is 11.5 Å². The first-order valence-electron chi connectivity index (χ1n) is 7.90. The van der Waals surface area contributed by atoms with Crippen LogP contribution >= 0.6 is 11.6 Å². The predicted octanol–water partition coefficient (Wildman–Crippen LogP) is 2.45. The van der Waals surface area contributed by atoms with Gasteiger partial charge in [0.05, 0.1) is 0 Å². The normalized spacial score (nSPS) is 15.3. The number of carbonyl (C=O) groups is 1. The number of nitrogens with two attached hydrogens (primary N) is 1. The number of hydrogen-bond acceptors (Lipinski definition) is 5. The van der Waals surface area contributed by atoms with Crippen molar-refractivity contribution < 1.29 is 4.79 Å². The number of carbonyl (C=O) groups excluding carboxylic acids is 1. The van der Waals surface area contributed by atoms with Gasteiger partial charge < -0.3 is 15.5 Å². The van der Waals surface area contributed by atoms with Crippen LogP contribution in [0.25, 0.3) is 0 Å². The minimum absolute atomic E-state index is 0.169. The second-order valence-electron chi connectivity index (χ2n) is 5.90. The van der Waals surface area contributed by atoms with Crippen LogP contribution in [0.15, 0.2) is 36.7 Å². The zero-order chi connectivity index (χ0) is 17.1. The topological polar surface area (TPSA) is 75.3 Å². The lowest BCUT2D eigenvalue weighted by atomic mass is 10.0. The summed E-state index contributed by atoms with van der Waals surface area (Å²) in [5.74, 6) is -0.00140. The number of hydrogen-bond donors (Lipinski definition) is 1. The molecule has 2 N–H and O–H groups in total. The number of piperidine rings is 1. The molecule has 2 aromatic rings. The summed E-state index contributed by atoms with van der Waals surface area (Å²) in [5, 5.41) is 0.737. The number of anilines is 2. The van der Waals surface area contributed by atoms with Crippen LogP contribution in [0.3, 0.4) is 0 Å². The summed E-state index contributed by atoms with van der Waals surface area (Å²) in [7, 11) is 1.80. The quantitative estimate of drug-likeness (QED) is 0.924. The lowest BCUT2D eigenvalue weighted by molar-refractivity contribution is 0.0704. The lowest BCUT2D eigenvalue weighted by Gasteiger charge is -2.37. The maximum atomic E-state index is 12.6. The Morgan fingerprint density at radius 1 is 1.21 bits per heavy atom. The van der Waals surface area contributed by atoms with Crippen LogP contribution < -0.4 is 10.6 Å². The Hall–Kier alpha value is -2.34. The summed E-state index contributed by atoms with van der Waals surface area (Å²) in [4.78, 5) is 24.6. The van der Waals surface area contributed by atoms with Gasteiger partial charge in [-0.1, -0.05) is 11.6 Å². The number of halogens is 1. The van der Waals surface area contributed by atoms with Gasteiger partial charge in [0.15, 0.2) is 11.5 Å². The number of amides is 1. The first-order chi connectivity index (χ1) is 11.6. The Morgan fingerprint density at radius 2 is 1.83 bits per heavy atom. The molecule has 126 valence electrons.